The van der Waals surface area contributed by atoms with Gasteiger partial charge in [0.15, 0.2) is 0 Å². The predicted molar refractivity (Wildman–Crippen MR) is 198 cm³/mol. The molecule has 2 aliphatic carbocycles. The normalized spacial score (nSPS) is 14.4. The van der Waals surface area contributed by atoms with Crippen LogP contribution in [0.1, 0.15) is 105 Å². The molecule has 0 saturated carbocycles. The van der Waals surface area contributed by atoms with Crippen LogP contribution < -0.4 is 0 Å². The van der Waals surface area contributed by atoms with E-state index in [1.54, 1.807) is 0 Å². The van der Waals surface area contributed by atoms with E-state index in [1.807, 2.05) is 30.3 Å². The maximum atomic E-state index is 3.53. The SMILES string of the molecule is CC(C)(C)c1c[c-]c2c(c1)-c1cc(C(C)(C)C)ccc1C2.CCC1=[C-]C(C)C=C1C(C)(C)C.Cl.Cl.[CH2]=[Zr].[CH3-].[c-]1ccccc1. The third-order valence-corrected chi connectivity index (χ3v) is 7.44. The first-order valence-corrected chi connectivity index (χ1v) is 16.7. The van der Waals surface area contributed by atoms with E-state index in [4.69, 9.17) is 0 Å². The van der Waals surface area contributed by atoms with Gasteiger partial charge < -0.3 is 7.43 Å². The average Bonchev–Trinajstić information content (AvgIpc) is 3.50. The van der Waals surface area contributed by atoms with Gasteiger partial charge in [0.2, 0.25) is 0 Å². The van der Waals surface area contributed by atoms with E-state index >= 15 is 0 Å². The third-order valence-electron chi connectivity index (χ3n) is 7.44. The first kappa shape index (κ1) is 44.6. The Hall–Kier alpha value is -1.53. The molecule has 5 rings (SSSR count). The van der Waals surface area contributed by atoms with Gasteiger partial charge in [-0.15, -0.1) is 30.4 Å². The molecule has 3 heteroatoms. The van der Waals surface area contributed by atoms with Gasteiger partial charge >= 0.3 is 28.4 Å². The number of benzene rings is 3. The van der Waals surface area contributed by atoms with Crippen molar-refractivity contribution in [3.8, 4) is 11.1 Å². The van der Waals surface area contributed by atoms with E-state index in [0.717, 1.165) is 12.8 Å². The van der Waals surface area contributed by atoms with E-state index in [9.17, 15) is 0 Å². The Morgan fingerprint density at radius 2 is 1.34 bits per heavy atom. The molecular formula is C41H56Cl2Zr-4. The zero-order valence-electron chi connectivity index (χ0n) is 29.4. The van der Waals surface area contributed by atoms with Crippen LogP contribution in [0.4, 0.5) is 0 Å². The second kappa shape index (κ2) is 19.2. The van der Waals surface area contributed by atoms with E-state index in [1.165, 1.54) is 68.8 Å². The molecule has 0 N–H and O–H groups in total. The molecule has 0 bridgehead atoms. The van der Waals surface area contributed by atoms with E-state index in [2.05, 4.69) is 135 Å². The molecule has 1 unspecified atom stereocenters. The van der Waals surface area contributed by atoms with Crippen molar-refractivity contribution in [1.29, 1.82) is 0 Å². The van der Waals surface area contributed by atoms with Gasteiger partial charge in [-0.25, -0.2) is 5.57 Å². The fourth-order valence-electron chi connectivity index (χ4n) is 5.07. The number of fused-ring (bicyclic) bond motifs is 3. The van der Waals surface area contributed by atoms with Crippen LogP contribution >= 0.6 is 24.8 Å². The standard InChI is InChI=1S/C21H25.C12H19.C6H5.CH3.CH2.2ClH.Zr/c1-20(2,3)16-9-7-14-11-15-8-10-17(21(4,5)6)13-19(15)18(14)12-16;1-6-10-7-9(2)8-11(10)12(3,4)5;1-2-4-6-5-3-1;;;;;/h7,9-10,12-13H,11H2,1-6H3;8-9H,6H2,1-5H3;1-5H;1H3;1H2;2*1H;/q4*-1;;;;. The monoisotopic (exact) mass is 708 g/mol. The fraction of sp³-hybridized carbons (Fsp3) is 0.415. The fourth-order valence-corrected chi connectivity index (χ4v) is 5.07. The number of hydrogen-bond acceptors (Lipinski definition) is 0. The molecule has 3 aromatic rings. The van der Waals surface area contributed by atoms with Gasteiger partial charge in [0.25, 0.3) is 0 Å². The molecule has 44 heavy (non-hydrogen) atoms. The molecular weight excluding hydrogens is 655 g/mol. The van der Waals surface area contributed by atoms with Gasteiger partial charge in [0.1, 0.15) is 0 Å². The molecule has 0 fully saturated rings. The summed E-state index contributed by atoms with van der Waals surface area (Å²) in [6.45, 7) is 24.9. The molecule has 2 aliphatic rings. The van der Waals surface area contributed by atoms with Crippen LogP contribution in [0.25, 0.3) is 11.1 Å². The first-order chi connectivity index (χ1) is 19.1. The molecule has 1 atom stereocenters. The second-order valence-corrected chi connectivity index (χ2v) is 14.0. The van der Waals surface area contributed by atoms with Gasteiger partial charge in [-0.1, -0.05) is 129 Å². The summed E-state index contributed by atoms with van der Waals surface area (Å²) in [5.41, 5.74) is 12.0. The van der Waals surface area contributed by atoms with Crippen LogP contribution in [0.5, 0.6) is 0 Å². The topological polar surface area (TPSA) is 0 Å². The molecule has 0 heterocycles. The van der Waals surface area contributed by atoms with E-state index in [-0.39, 0.29) is 43.1 Å². The minimum absolute atomic E-state index is 0. The molecule has 0 aromatic heterocycles. The predicted octanol–water partition coefficient (Wildman–Crippen LogP) is 12.1. The molecule has 3 aromatic carbocycles. The number of hydrogen-bond donors (Lipinski definition) is 0. The zero-order chi connectivity index (χ0) is 31.0. The summed E-state index contributed by atoms with van der Waals surface area (Å²) in [4.78, 5) is 0. The maximum absolute atomic E-state index is 3.53. The van der Waals surface area contributed by atoms with Crippen LogP contribution in [0.2, 0.25) is 0 Å². The zero-order valence-corrected chi connectivity index (χ0v) is 33.5. The Bertz CT molecular complexity index is 1240. The van der Waals surface area contributed by atoms with Crippen molar-refractivity contribution in [2.24, 2.45) is 11.3 Å². The number of halogens is 2. The number of rotatable bonds is 1. The summed E-state index contributed by atoms with van der Waals surface area (Å²) in [7, 11) is 0. The summed E-state index contributed by atoms with van der Waals surface area (Å²) in [6, 6.07) is 27.6. The molecule has 0 spiro atoms. The van der Waals surface area contributed by atoms with Crippen molar-refractivity contribution in [3.05, 3.63) is 126 Å². The molecule has 242 valence electrons. The van der Waals surface area contributed by atoms with Crippen LogP contribution in [-0.4, -0.2) is 4.21 Å². The Morgan fingerprint density at radius 3 is 1.75 bits per heavy atom. The molecule has 0 aliphatic heterocycles. The third kappa shape index (κ3) is 12.7. The average molecular weight is 711 g/mol. The van der Waals surface area contributed by atoms with Crippen molar-refractivity contribution >= 4 is 29.0 Å². The van der Waals surface area contributed by atoms with Gasteiger partial charge in [-0.05, 0) is 17.4 Å². The Kier molecular flexibility index (Phi) is 19.5. The molecule has 0 amide bonds. The molecule has 0 nitrogen and oxygen atoms in total. The van der Waals surface area contributed by atoms with Crippen molar-refractivity contribution in [2.45, 2.75) is 99.8 Å². The molecule has 0 saturated heterocycles. The van der Waals surface area contributed by atoms with Crippen LogP contribution in [0, 0.1) is 37.0 Å². The number of allylic oxidation sites excluding steroid dienone is 4. The summed E-state index contributed by atoms with van der Waals surface area (Å²) in [6.07, 6.45) is 7.98. The minimum Gasteiger partial charge on any atom is -0.358 e. The van der Waals surface area contributed by atoms with Crippen molar-refractivity contribution in [3.63, 3.8) is 0 Å². The second-order valence-electron chi connectivity index (χ2n) is 14.0. The van der Waals surface area contributed by atoms with Crippen LogP contribution in [-0.2, 0) is 41.5 Å². The van der Waals surface area contributed by atoms with Gasteiger partial charge in [0, 0.05) is 0 Å². The molecule has 0 radical (unpaired) electrons. The van der Waals surface area contributed by atoms with Gasteiger partial charge in [0.05, 0.1) is 0 Å². The smallest absolute Gasteiger partial charge is 0.171 e. The van der Waals surface area contributed by atoms with Crippen molar-refractivity contribution in [2.75, 3.05) is 0 Å². The van der Waals surface area contributed by atoms with E-state index in [0.29, 0.717) is 11.3 Å². The van der Waals surface area contributed by atoms with Crippen molar-refractivity contribution in [1.82, 2.24) is 0 Å². The summed E-state index contributed by atoms with van der Waals surface area (Å²) in [5.74, 6) is 0.522. The maximum Gasteiger partial charge on any atom is -0.171 e. The van der Waals surface area contributed by atoms with Crippen molar-refractivity contribution < 1.29 is 24.2 Å². The first-order valence-electron chi connectivity index (χ1n) is 14.9. The van der Waals surface area contributed by atoms with E-state index < -0.39 is 0 Å². The Morgan fingerprint density at radius 1 is 0.795 bits per heavy atom. The Labute approximate surface area is 299 Å². The summed E-state index contributed by atoms with van der Waals surface area (Å²) in [5, 5.41) is 0. The largest absolute Gasteiger partial charge is 0.358 e. The van der Waals surface area contributed by atoms with Gasteiger partial charge in [-0.3, -0.25) is 6.08 Å². The quantitative estimate of drug-likeness (QED) is 0.173. The van der Waals surface area contributed by atoms with Crippen LogP contribution in [0.15, 0.2) is 77.9 Å². The van der Waals surface area contributed by atoms with Crippen LogP contribution in [0.3, 0.4) is 0 Å². The minimum atomic E-state index is 0. The summed E-state index contributed by atoms with van der Waals surface area (Å²) >= 11 is 1.30. The summed E-state index contributed by atoms with van der Waals surface area (Å²) < 4.78 is 3.34. The van der Waals surface area contributed by atoms with Gasteiger partial charge in [-0.2, -0.15) is 77.4 Å². The Balaban J connectivity index is 0.